The molecule has 0 aliphatic heterocycles. The summed E-state index contributed by atoms with van der Waals surface area (Å²) in [4.78, 5) is 0. The lowest BCUT2D eigenvalue weighted by atomic mass is 9.51. The van der Waals surface area contributed by atoms with Gasteiger partial charge >= 0.3 is 0 Å². The summed E-state index contributed by atoms with van der Waals surface area (Å²) < 4.78 is 4.93. The van der Waals surface area contributed by atoms with Gasteiger partial charge in [0, 0.05) is 6.07 Å². The predicted octanol–water partition coefficient (Wildman–Crippen LogP) is 3.65. The van der Waals surface area contributed by atoms with Gasteiger partial charge in [0.15, 0.2) is 0 Å². The monoisotopic (exact) mass is 260 g/mol. The topological polar surface area (TPSA) is 52.0 Å². The number of nitrogens with zero attached hydrogens (tertiary/aromatic N) is 1. The van der Waals surface area contributed by atoms with Crippen LogP contribution in [0, 0.1) is 29.6 Å². The minimum absolute atomic E-state index is 0.449. The molecular weight excluding hydrogens is 236 g/mol. The third-order valence-electron chi connectivity index (χ3n) is 5.97. The van der Waals surface area contributed by atoms with Gasteiger partial charge in [0.05, 0.1) is 5.69 Å². The molecule has 0 spiro atoms. The van der Waals surface area contributed by atoms with Gasteiger partial charge in [0.2, 0.25) is 5.88 Å². The van der Waals surface area contributed by atoms with E-state index in [0.29, 0.717) is 5.88 Å². The van der Waals surface area contributed by atoms with Crippen LogP contribution in [0.3, 0.4) is 0 Å². The summed E-state index contributed by atoms with van der Waals surface area (Å²) >= 11 is 0. The fraction of sp³-hybridized carbons (Fsp3) is 0.812. The summed E-state index contributed by atoms with van der Waals surface area (Å²) in [5.74, 6) is 5.75. The van der Waals surface area contributed by atoms with Crippen molar-refractivity contribution < 1.29 is 4.52 Å². The maximum atomic E-state index is 5.56. The van der Waals surface area contributed by atoms with E-state index in [4.69, 9.17) is 10.3 Å². The maximum Gasteiger partial charge on any atom is 0.222 e. The average molecular weight is 260 g/mol. The molecule has 0 atom stereocenters. The first-order chi connectivity index (χ1) is 9.28. The van der Waals surface area contributed by atoms with E-state index < -0.39 is 0 Å². The second-order valence-electron chi connectivity index (χ2n) is 7.21. The lowest BCUT2D eigenvalue weighted by Gasteiger charge is -2.54. The highest BCUT2D eigenvalue weighted by Crippen LogP contribution is 2.57. The first-order valence-electron chi connectivity index (χ1n) is 7.99. The third-order valence-corrected chi connectivity index (χ3v) is 5.97. The molecule has 4 bridgehead atoms. The van der Waals surface area contributed by atoms with E-state index in [0.717, 1.165) is 41.7 Å². The average Bonchev–Trinajstić information content (AvgIpc) is 2.78. The molecule has 1 aromatic rings. The van der Waals surface area contributed by atoms with Gasteiger partial charge in [0.1, 0.15) is 0 Å². The van der Waals surface area contributed by atoms with Crippen LogP contribution in [0.4, 0.5) is 5.88 Å². The molecular formula is C16H24N2O. The maximum absolute atomic E-state index is 5.56. The highest BCUT2D eigenvalue weighted by atomic mass is 16.5. The van der Waals surface area contributed by atoms with Gasteiger partial charge in [-0.05, 0) is 81.0 Å². The van der Waals surface area contributed by atoms with Gasteiger partial charge in [-0.1, -0.05) is 5.16 Å². The molecule has 0 unspecified atom stereocenters. The van der Waals surface area contributed by atoms with E-state index in [1.807, 2.05) is 6.07 Å². The van der Waals surface area contributed by atoms with Crippen molar-refractivity contribution in [1.82, 2.24) is 5.16 Å². The van der Waals surface area contributed by atoms with Gasteiger partial charge in [-0.25, -0.2) is 0 Å². The van der Waals surface area contributed by atoms with Gasteiger partial charge in [-0.3, -0.25) is 0 Å². The van der Waals surface area contributed by atoms with Crippen LogP contribution in [0.5, 0.6) is 0 Å². The van der Waals surface area contributed by atoms with Gasteiger partial charge in [0.25, 0.3) is 0 Å². The molecule has 1 heterocycles. The van der Waals surface area contributed by atoms with E-state index >= 15 is 0 Å². The highest BCUT2D eigenvalue weighted by molar-refractivity contribution is 5.24. The van der Waals surface area contributed by atoms with E-state index in [-0.39, 0.29) is 0 Å². The van der Waals surface area contributed by atoms with Crippen molar-refractivity contribution >= 4 is 5.88 Å². The molecule has 0 radical (unpaired) electrons. The number of nitrogens with two attached hydrogens (primary N) is 1. The second kappa shape index (κ2) is 4.53. The van der Waals surface area contributed by atoms with Crippen LogP contribution in [0.15, 0.2) is 10.6 Å². The van der Waals surface area contributed by atoms with Crippen molar-refractivity contribution in [2.75, 3.05) is 5.73 Å². The third kappa shape index (κ3) is 2.17. The summed E-state index contributed by atoms with van der Waals surface area (Å²) in [6.07, 6.45) is 11.4. The van der Waals surface area contributed by atoms with Crippen LogP contribution < -0.4 is 5.73 Å². The van der Waals surface area contributed by atoms with E-state index in [1.165, 1.54) is 38.5 Å². The Labute approximate surface area is 114 Å². The first-order valence-corrected chi connectivity index (χ1v) is 7.99. The summed E-state index contributed by atoms with van der Waals surface area (Å²) in [5, 5.41) is 3.99. The van der Waals surface area contributed by atoms with Crippen LogP contribution in [0.1, 0.15) is 50.6 Å². The Bertz CT molecular complexity index is 425. The van der Waals surface area contributed by atoms with Crippen molar-refractivity contribution in [3.63, 3.8) is 0 Å². The highest BCUT2D eigenvalue weighted by Gasteiger charge is 2.47. The molecule has 104 valence electrons. The van der Waals surface area contributed by atoms with Crippen LogP contribution >= 0.6 is 0 Å². The molecule has 5 rings (SSSR count). The molecule has 19 heavy (non-hydrogen) atoms. The number of rotatable bonds is 4. The molecule has 1 aromatic heterocycles. The standard InChI is InChI=1S/C16H24N2O/c17-16-9-14(18-19-16)2-1-3-15-12-5-10-4-11(7-12)8-13(15)6-10/h9-13,15H,1-8,17H2. The molecule has 0 amide bonds. The van der Waals surface area contributed by atoms with Crippen molar-refractivity contribution in [3.8, 4) is 0 Å². The Morgan fingerprint density at radius 3 is 2.37 bits per heavy atom. The molecule has 0 saturated heterocycles. The summed E-state index contributed by atoms with van der Waals surface area (Å²) in [7, 11) is 0. The second-order valence-corrected chi connectivity index (χ2v) is 7.21. The molecule has 4 saturated carbocycles. The zero-order chi connectivity index (χ0) is 12.8. The Morgan fingerprint density at radius 1 is 1.11 bits per heavy atom. The fourth-order valence-corrected chi connectivity index (χ4v) is 5.47. The van der Waals surface area contributed by atoms with Crippen LogP contribution in [-0.4, -0.2) is 5.16 Å². The summed E-state index contributed by atoms with van der Waals surface area (Å²) in [6.45, 7) is 0. The van der Waals surface area contributed by atoms with Crippen molar-refractivity contribution in [1.29, 1.82) is 0 Å². The summed E-state index contributed by atoms with van der Waals surface area (Å²) in [5.41, 5.74) is 6.59. The molecule has 3 nitrogen and oxygen atoms in total. The van der Waals surface area contributed by atoms with Gasteiger partial charge < -0.3 is 10.3 Å². The number of anilines is 1. The minimum Gasteiger partial charge on any atom is -0.368 e. The lowest BCUT2D eigenvalue weighted by molar-refractivity contribution is -0.0402. The number of hydrogen-bond donors (Lipinski definition) is 1. The molecule has 0 aromatic carbocycles. The lowest BCUT2D eigenvalue weighted by Crippen LogP contribution is -2.45. The van der Waals surface area contributed by atoms with Crippen LogP contribution in [0.25, 0.3) is 0 Å². The zero-order valence-electron chi connectivity index (χ0n) is 11.6. The molecule has 4 aliphatic carbocycles. The normalized spacial score (nSPS) is 39.9. The summed E-state index contributed by atoms with van der Waals surface area (Å²) in [6, 6.07) is 1.87. The number of hydrogen-bond acceptors (Lipinski definition) is 3. The largest absolute Gasteiger partial charge is 0.368 e. The number of aryl methyl sites for hydroxylation is 1. The quantitative estimate of drug-likeness (QED) is 0.899. The Kier molecular flexibility index (Phi) is 2.82. The first kappa shape index (κ1) is 11.8. The van der Waals surface area contributed by atoms with E-state index in [2.05, 4.69) is 5.16 Å². The molecule has 4 aliphatic rings. The van der Waals surface area contributed by atoms with Crippen LogP contribution in [0.2, 0.25) is 0 Å². The zero-order valence-corrected chi connectivity index (χ0v) is 11.6. The molecule has 2 N–H and O–H groups in total. The Morgan fingerprint density at radius 2 is 1.79 bits per heavy atom. The van der Waals surface area contributed by atoms with E-state index in [1.54, 1.807) is 6.42 Å². The van der Waals surface area contributed by atoms with Crippen molar-refractivity contribution in [3.05, 3.63) is 11.8 Å². The number of aromatic nitrogens is 1. The smallest absolute Gasteiger partial charge is 0.222 e. The molecule has 3 heteroatoms. The van der Waals surface area contributed by atoms with Crippen LogP contribution in [-0.2, 0) is 6.42 Å². The molecule has 4 fully saturated rings. The number of nitrogen functional groups attached to an aromatic ring is 1. The Balaban J connectivity index is 1.33. The minimum atomic E-state index is 0.449. The van der Waals surface area contributed by atoms with Crippen molar-refractivity contribution in [2.45, 2.75) is 51.4 Å². The Hall–Kier alpha value is -0.990. The van der Waals surface area contributed by atoms with E-state index in [9.17, 15) is 0 Å². The van der Waals surface area contributed by atoms with Gasteiger partial charge in [-0.2, -0.15) is 0 Å². The van der Waals surface area contributed by atoms with Gasteiger partial charge in [-0.15, -0.1) is 0 Å². The predicted molar refractivity (Wildman–Crippen MR) is 74.4 cm³/mol. The fourth-order valence-electron chi connectivity index (χ4n) is 5.47. The SMILES string of the molecule is Nc1cc(CCCC2C3CC4CC(C3)CC2C4)no1. The van der Waals surface area contributed by atoms with Crippen molar-refractivity contribution in [2.24, 2.45) is 29.6 Å².